The molecule has 1 unspecified atom stereocenters. The number of nitriles is 1. The molecule has 3 atom stereocenters. The normalized spacial score (nSPS) is 29.0. The number of likely N-dealkylation sites (tertiary alicyclic amines) is 1. The van der Waals surface area contributed by atoms with Crippen molar-refractivity contribution in [2.45, 2.75) is 44.2 Å². The largest absolute Gasteiger partial charge is 0.444 e. The van der Waals surface area contributed by atoms with Crippen LogP contribution in [0.2, 0.25) is 0 Å². The molecular weight excluding hydrogens is 363 g/mol. The fraction of sp³-hybridized carbons (Fsp3) is 0.529. The van der Waals surface area contributed by atoms with Gasteiger partial charge in [-0.15, -0.1) is 0 Å². The van der Waals surface area contributed by atoms with Crippen molar-refractivity contribution in [3.8, 4) is 6.07 Å². The number of nitrogens with zero attached hydrogens (tertiary/aromatic N) is 2. The van der Waals surface area contributed by atoms with Gasteiger partial charge in [0.2, 0.25) is 0 Å². The number of carbonyl (C=O) groups is 1. The van der Waals surface area contributed by atoms with Crippen molar-refractivity contribution >= 4 is 22.0 Å². The quantitative estimate of drug-likeness (QED) is 0.739. The average Bonchev–Trinajstić information content (AvgIpc) is 3.07. The summed E-state index contributed by atoms with van der Waals surface area (Å²) in [4.78, 5) is 13.8. The number of hydrogen-bond acceptors (Lipinski definition) is 3. The minimum Gasteiger partial charge on any atom is -0.444 e. The van der Waals surface area contributed by atoms with Gasteiger partial charge in [-0.1, -0.05) is 15.9 Å². The van der Waals surface area contributed by atoms with Crippen molar-refractivity contribution in [2.24, 2.45) is 5.92 Å². The molecule has 1 aliphatic carbocycles. The van der Waals surface area contributed by atoms with Gasteiger partial charge in [0, 0.05) is 22.4 Å². The maximum absolute atomic E-state index is 14.3. The first kappa shape index (κ1) is 16.3. The summed E-state index contributed by atoms with van der Waals surface area (Å²) < 4.78 is 20.5. The summed E-state index contributed by atoms with van der Waals surface area (Å²) in [5, 5.41) is 9.46. The summed E-state index contributed by atoms with van der Waals surface area (Å²) in [5.41, 5.74) is -0.522. The summed E-state index contributed by atoms with van der Waals surface area (Å²) in [6, 6.07) is 6.44. The number of carbonyl (C=O) groups excluding carboxylic acids is 1. The SMILES string of the molecule is CC(C)(C)OC(=O)N1C[C@@]2(c3cc(Br)ccc3F)C[C@H]2C1C#N. The monoisotopic (exact) mass is 380 g/mol. The highest BCUT2D eigenvalue weighted by atomic mass is 79.9. The Morgan fingerprint density at radius 3 is 2.83 bits per heavy atom. The number of ether oxygens (including phenoxy) is 1. The van der Waals surface area contributed by atoms with Crippen LogP contribution in [0.15, 0.2) is 22.7 Å². The van der Waals surface area contributed by atoms with E-state index in [4.69, 9.17) is 4.74 Å². The summed E-state index contributed by atoms with van der Waals surface area (Å²) in [7, 11) is 0. The number of halogens is 2. The smallest absolute Gasteiger partial charge is 0.411 e. The summed E-state index contributed by atoms with van der Waals surface area (Å²) in [6.07, 6.45) is 0.212. The zero-order valence-electron chi connectivity index (χ0n) is 13.3. The third-order valence-electron chi connectivity index (χ3n) is 4.53. The van der Waals surface area contributed by atoms with E-state index in [9.17, 15) is 14.4 Å². The number of piperidine rings is 1. The van der Waals surface area contributed by atoms with Gasteiger partial charge in [-0.25, -0.2) is 9.18 Å². The van der Waals surface area contributed by atoms with Crippen molar-refractivity contribution in [1.82, 2.24) is 4.90 Å². The Morgan fingerprint density at radius 2 is 2.22 bits per heavy atom. The maximum atomic E-state index is 14.3. The van der Waals surface area contributed by atoms with E-state index in [2.05, 4.69) is 22.0 Å². The highest BCUT2D eigenvalue weighted by molar-refractivity contribution is 9.10. The van der Waals surface area contributed by atoms with Crippen LogP contribution in [0.5, 0.6) is 0 Å². The highest BCUT2D eigenvalue weighted by Gasteiger charge is 2.68. The summed E-state index contributed by atoms with van der Waals surface area (Å²) in [6.45, 7) is 5.67. The van der Waals surface area contributed by atoms with Crippen LogP contribution in [0.25, 0.3) is 0 Å². The lowest BCUT2D eigenvalue weighted by Crippen LogP contribution is -2.42. The van der Waals surface area contributed by atoms with Crippen molar-refractivity contribution in [2.75, 3.05) is 6.54 Å². The first-order valence-corrected chi connectivity index (χ1v) is 8.32. The van der Waals surface area contributed by atoms with Gasteiger partial charge in [-0.05, 0) is 51.0 Å². The Morgan fingerprint density at radius 1 is 1.52 bits per heavy atom. The van der Waals surface area contributed by atoms with E-state index in [1.54, 1.807) is 32.9 Å². The molecule has 23 heavy (non-hydrogen) atoms. The molecule has 1 aromatic rings. The molecule has 0 spiro atoms. The average molecular weight is 381 g/mol. The molecule has 6 heteroatoms. The Labute approximate surface area is 143 Å². The summed E-state index contributed by atoms with van der Waals surface area (Å²) >= 11 is 3.37. The standard InChI is InChI=1S/C17H18BrFN2O2/c1-16(2,3)23-15(22)21-9-17(7-12(17)14(21)8-20)11-6-10(18)4-5-13(11)19/h4-6,12,14H,7,9H2,1-3H3/t12-,14?,17+/m0/s1. The van der Waals surface area contributed by atoms with Crippen LogP contribution in [-0.4, -0.2) is 29.2 Å². The molecule has 1 aromatic carbocycles. The molecule has 1 amide bonds. The Balaban J connectivity index is 1.90. The molecule has 0 N–H and O–H groups in total. The van der Waals surface area contributed by atoms with E-state index < -0.39 is 23.2 Å². The van der Waals surface area contributed by atoms with Gasteiger partial charge < -0.3 is 4.74 Å². The van der Waals surface area contributed by atoms with Gasteiger partial charge in [0.05, 0.1) is 6.07 Å². The molecule has 2 fully saturated rings. The van der Waals surface area contributed by atoms with E-state index in [0.29, 0.717) is 12.1 Å². The molecule has 4 nitrogen and oxygen atoms in total. The number of benzene rings is 1. The fourth-order valence-electron chi connectivity index (χ4n) is 3.48. The number of rotatable bonds is 1. The molecule has 1 heterocycles. The van der Waals surface area contributed by atoms with E-state index in [-0.39, 0.29) is 11.7 Å². The van der Waals surface area contributed by atoms with Crippen LogP contribution in [-0.2, 0) is 10.2 Å². The topological polar surface area (TPSA) is 53.3 Å². The minimum absolute atomic E-state index is 0.0381. The molecular formula is C17H18BrFN2O2. The van der Waals surface area contributed by atoms with Crippen LogP contribution in [0, 0.1) is 23.1 Å². The number of fused-ring (bicyclic) bond motifs is 1. The zero-order valence-corrected chi connectivity index (χ0v) is 14.9. The second-order valence-electron chi connectivity index (χ2n) is 7.27. The Kier molecular flexibility index (Phi) is 3.68. The first-order chi connectivity index (χ1) is 10.7. The van der Waals surface area contributed by atoms with Crippen LogP contribution in [0.3, 0.4) is 0 Å². The van der Waals surface area contributed by atoms with E-state index in [1.807, 2.05) is 0 Å². The predicted octanol–water partition coefficient (Wildman–Crippen LogP) is 3.99. The molecule has 0 aromatic heterocycles. The van der Waals surface area contributed by atoms with E-state index >= 15 is 0 Å². The van der Waals surface area contributed by atoms with Gasteiger partial charge in [-0.2, -0.15) is 5.26 Å². The second-order valence-corrected chi connectivity index (χ2v) is 8.19. The van der Waals surface area contributed by atoms with Crippen molar-refractivity contribution in [1.29, 1.82) is 5.26 Å². The molecule has 122 valence electrons. The Hall–Kier alpha value is -1.61. The van der Waals surface area contributed by atoms with Crippen LogP contribution < -0.4 is 0 Å². The third kappa shape index (κ3) is 2.72. The van der Waals surface area contributed by atoms with Crippen molar-refractivity contribution < 1.29 is 13.9 Å². The molecule has 1 aliphatic heterocycles. The minimum atomic E-state index is -0.627. The molecule has 0 radical (unpaired) electrons. The van der Waals surface area contributed by atoms with Gasteiger partial charge >= 0.3 is 6.09 Å². The second kappa shape index (κ2) is 5.20. The van der Waals surface area contributed by atoms with Crippen LogP contribution in [0.1, 0.15) is 32.8 Å². The summed E-state index contributed by atoms with van der Waals surface area (Å²) in [5.74, 6) is -0.331. The lowest BCUT2D eigenvalue weighted by Gasteiger charge is -2.28. The van der Waals surface area contributed by atoms with E-state index in [0.717, 1.165) is 10.9 Å². The Bertz CT molecular complexity index is 710. The molecule has 1 saturated carbocycles. The van der Waals surface area contributed by atoms with Crippen LogP contribution >= 0.6 is 15.9 Å². The fourth-order valence-corrected chi connectivity index (χ4v) is 3.84. The van der Waals surface area contributed by atoms with E-state index in [1.165, 1.54) is 11.0 Å². The van der Waals surface area contributed by atoms with Gasteiger partial charge in [0.25, 0.3) is 0 Å². The molecule has 2 aliphatic rings. The lowest BCUT2D eigenvalue weighted by atomic mass is 9.94. The van der Waals surface area contributed by atoms with Gasteiger partial charge in [0.1, 0.15) is 17.5 Å². The molecule has 1 saturated heterocycles. The number of hydrogen-bond donors (Lipinski definition) is 0. The number of amides is 1. The van der Waals surface area contributed by atoms with Gasteiger partial charge in [-0.3, -0.25) is 4.90 Å². The van der Waals surface area contributed by atoms with Crippen molar-refractivity contribution in [3.63, 3.8) is 0 Å². The predicted molar refractivity (Wildman–Crippen MR) is 86.2 cm³/mol. The molecule has 0 bridgehead atoms. The van der Waals surface area contributed by atoms with Crippen molar-refractivity contribution in [3.05, 3.63) is 34.1 Å². The zero-order chi connectivity index (χ0) is 17.0. The lowest BCUT2D eigenvalue weighted by molar-refractivity contribution is 0.0229. The molecule has 3 rings (SSSR count). The maximum Gasteiger partial charge on any atom is 0.411 e. The third-order valence-corrected chi connectivity index (χ3v) is 5.02. The first-order valence-electron chi connectivity index (χ1n) is 7.53. The highest BCUT2D eigenvalue weighted by Crippen LogP contribution is 2.62. The van der Waals surface area contributed by atoms with Gasteiger partial charge in [0.15, 0.2) is 0 Å². The van der Waals surface area contributed by atoms with Crippen LogP contribution in [0.4, 0.5) is 9.18 Å².